The fourth-order valence-electron chi connectivity index (χ4n) is 1.81. The van der Waals surface area contributed by atoms with Crippen molar-refractivity contribution < 1.29 is 4.74 Å². The molecule has 1 saturated carbocycles. The summed E-state index contributed by atoms with van der Waals surface area (Å²) in [4.78, 5) is 9.20. The van der Waals surface area contributed by atoms with Crippen LogP contribution >= 0.6 is 15.9 Å². The first-order valence-corrected chi connectivity index (χ1v) is 7.32. The van der Waals surface area contributed by atoms with Gasteiger partial charge in [-0.05, 0) is 41.1 Å². The predicted octanol–water partition coefficient (Wildman–Crippen LogP) is 3.16. The fourth-order valence-corrected chi connectivity index (χ4v) is 2.24. The van der Waals surface area contributed by atoms with Gasteiger partial charge in [0.2, 0.25) is 0 Å². The van der Waals surface area contributed by atoms with Gasteiger partial charge in [-0.15, -0.1) is 0 Å². The summed E-state index contributed by atoms with van der Waals surface area (Å²) in [5.41, 5.74) is 0.932. The molecule has 0 radical (unpaired) electrons. The molecule has 0 atom stereocenters. The van der Waals surface area contributed by atoms with Crippen molar-refractivity contribution in [2.45, 2.75) is 39.2 Å². The number of ether oxygens (including phenoxy) is 1. The molecule has 1 fully saturated rings. The van der Waals surface area contributed by atoms with E-state index < -0.39 is 0 Å². The molecule has 0 saturated heterocycles. The number of hydrogen-bond donors (Lipinski definition) is 1. The van der Waals surface area contributed by atoms with E-state index in [2.05, 4.69) is 38.1 Å². The first-order chi connectivity index (χ1) is 8.74. The summed E-state index contributed by atoms with van der Waals surface area (Å²) in [7, 11) is 1.69. The van der Waals surface area contributed by atoms with Crippen molar-refractivity contribution in [1.82, 2.24) is 9.97 Å². The van der Waals surface area contributed by atoms with E-state index in [4.69, 9.17) is 4.74 Å². The van der Waals surface area contributed by atoms with Crippen LogP contribution in [0.1, 0.15) is 37.7 Å². The standard InChI is InChI=1S/C13H20BrN3O/c1-3-6-15-13-12(14)10(8-18-2)16-11(17-13)7-9-4-5-9/h9H,3-8H2,1-2H3,(H,15,16,17). The maximum Gasteiger partial charge on any atom is 0.144 e. The third-order valence-corrected chi connectivity index (χ3v) is 3.79. The lowest BCUT2D eigenvalue weighted by Crippen LogP contribution is -2.10. The van der Waals surface area contributed by atoms with Crippen molar-refractivity contribution >= 4 is 21.7 Å². The minimum absolute atomic E-state index is 0.515. The molecule has 4 nitrogen and oxygen atoms in total. The molecule has 0 bridgehead atoms. The van der Waals surface area contributed by atoms with Gasteiger partial charge in [0.25, 0.3) is 0 Å². The van der Waals surface area contributed by atoms with E-state index in [1.807, 2.05) is 0 Å². The number of nitrogens with one attached hydrogen (secondary N) is 1. The second-order valence-electron chi connectivity index (χ2n) is 4.76. The zero-order chi connectivity index (χ0) is 13.0. The van der Waals surface area contributed by atoms with Gasteiger partial charge >= 0.3 is 0 Å². The van der Waals surface area contributed by atoms with E-state index in [1.54, 1.807) is 7.11 Å². The van der Waals surface area contributed by atoms with Crippen molar-refractivity contribution in [3.63, 3.8) is 0 Å². The molecule has 0 aliphatic heterocycles. The molecule has 1 N–H and O–H groups in total. The first kappa shape index (κ1) is 13.7. The molecule has 1 heterocycles. The number of nitrogens with zero attached hydrogens (tertiary/aromatic N) is 2. The van der Waals surface area contributed by atoms with Crippen LogP contribution in [0, 0.1) is 5.92 Å². The molecular formula is C13H20BrN3O. The van der Waals surface area contributed by atoms with E-state index >= 15 is 0 Å². The fraction of sp³-hybridized carbons (Fsp3) is 0.692. The SMILES string of the molecule is CCCNc1nc(CC2CC2)nc(COC)c1Br. The Kier molecular flexibility index (Phi) is 4.95. The number of anilines is 1. The maximum atomic E-state index is 5.20. The van der Waals surface area contributed by atoms with E-state index in [-0.39, 0.29) is 0 Å². The zero-order valence-corrected chi connectivity index (χ0v) is 12.6. The maximum absolute atomic E-state index is 5.20. The average Bonchev–Trinajstić information content (AvgIpc) is 3.15. The Morgan fingerprint density at radius 3 is 2.78 bits per heavy atom. The summed E-state index contributed by atoms with van der Waals surface area (Å²) in [6, 6.07) is 0. The highest BCUT2D eigenvalue weighted by Gasteiger charge is 2.24. The summed E-state index contributed by atoms with van der Waals surface area (Å²) in [6.45, 7) is 3.58. The van der Waals surface area contributed by atoms with Crippen LogP contribution in [-0.4, -0.2) is 23.6 Å². The molecule has 1 aliphatic carbocycles. The molecule has 1 aromatic rings. The summed E-state index contributed by atoms with van der Waals surface area (Å²) < 4.78 is 6.12. The van der Waals surface area contributed by atoms with Gasteiger partial charge in [0.1, 0.15) is 11.6 Å². The molecule has 5 heteroatoms. The highest BCUT2D eigenvalue weighted by atomic mass is 79.9. The Morgan fingerprint density at radius 2 is 2.17 bits per heavy atom. The van der Waals surface area contributed by atoms with Crippen LogP contribution < -0.4 is 5.32 Å². The summed E-state index contributed by atoms with van der Waals surface area (Å²) in [5, 5.41) is 3.34. The van der Waals surface area contributed by atoms with Crippen LogP contribution in [0.15, 0.2) is 4.47 Å². The van der Waals surface area contributed by atoms with E-state index in [0.717, 1.165) is 47.1 Å². The molecule has 2 rings (SSSR count). The summed E-state index contributed by atoms with van der Waals surface area (Å²) >= 11 is 3.56. The first-order valence-electron chi connectivity index (χ1n) is 6.52. The summed E-state index contributed by atoms with van der Waals surface area (Å²) in [6.07, 6.45) is 4.70. The Bertz CT molecular complexity index is 407. The lowest BCUT2D eigenvalue weighted by molar-refractivity contribution is 0.180. The molecule has 0 spiro atoms. The quantitative estimate of drug-likeness (QED) is 0.840. The van der Waals surface area contributed by atoms with Crippen LogP contribution in [0.4, 0.5) is 5.82 Å². The van der Waals surface area contributed by atoms with Crippen molar-refractivity contribution in [2.75, 3.05) is 19.0 Å². The normalized spacial score (nSPS) is 14.8. The molecule has 1 aliphatic rings. The number of aromatic nitrogens is 2. The van der Waals surface area contributed by atoms with Gasteiger partial charge in [0.15, 0.2) is 0 Å². The minimum Gasteiger partial charge on any atom is -0.378 e. The number of methoxy groups -OCH3 is 1. The highest BCUT2D eigenvalue weighted by molar-refractivity contribution is 9.10. The lowest BCUT2D eigenvalue weighted by atomic mass is 10.2. The van der Waals surface area contributed by atoms with Gasteiger partial charge in [-0.3, -0.25) is 0 Å². The highest BCUT2D eigenvalue weighted by Crippen LogP contribution is 2.33. The molecular weight excluding hydrogens is 294 g/mol. The zero-order valence-electron chi connectivity index (χ0n) is 11.0. The van der Waals surface area contributed by atoms with Crippen LogP contribution in [0.25, 0.3) is 0 Å². The smallest absolute Gasteiger partial charge is 0.144 e. The van der Waals surface area contributed by atoms with Gasteiger partial charge < -0.3 is 10.1 Å². The van der Waals surface area contributed by atoms with Crippen LogP contribution in [0.2, 0.25) is 0 Å². The third kappa shape index (κ3) is 3.65. The number of rotatable bonds is 7. The van der Waals surface area contributed by atoms with Gasteiger partial charge in [-0.2, -0.15) is 0 Å². The van der Waals surface area contributed by atoms with Crippen molar-refractivity contribution in [1.29, 1.82) is 0 Å². The van der Waals surface area contributed by atoms with Crippen LogP contribution in [0.5, 0.6) is 0 Å². The van der Waals surface area contributed by atoms with Gasteiger partial charge in [0.05, 0.1) is 16.8 Å². The van der Waals surface area contributed by atoms with Gasteiger partial charge in [0, 0.05) is 20.1 Å². The van der Waals surface area contributed by atoms with Crippen LogP contribution in [0.3, 0.4) is 0 Å². The molecule has 0 amide bonds. The van der Waals surface area contributed by atoms with E-state index in [9.17, 15) is 0 Å². The molecule has 18 heavy (non-hydrogen) atoms. The minimum atomic E-state index is 0.515. The number of halogens is 1. The monoisotopic (exact) mass is 313 g/mol. The van der Waals surface area contributed by atoms with Gasteiger partial charge in [-0.25, -0.2) is 9.97 Å². The second-order valence-corrected chi connectivity index (χ2v) is 5.55. The molecule has 100 valence electrons. The van der Waals surface area contributed by atoms with Crippen molar-refractivity contribution in [3.05, 3.63) is 16.0 Å². The Hall–Kier alpha value is -0.680. The Morgan fingerprint density at radius 1 is 1.39 bits per heavy atom. The average molecular weight is 314 g/mol. The molecule has 0 aromatic carbocycles. The Balaban J connectivity index is 2.20. The topological polar surface area (TPSA) is 47.0 Å². The number of hydrogen-bond acceptors (Lipinski definition) is 4. The lowest BCUT2D eigenvalue weighted by Gasteiger charge is -2.12. The van der Waals surface area contributed by atoms with Gasteiger partial charge in [-0.1, -0.05) is 6.92 Å². The van der Waals surface area contributed by atoms with E-state index in [1.165, 1.54) is 12.8 Å². The largest absolute Gasteiger partial charge is 0.378 e. The second kappa shape index (κ2) is 6.48. The summed E-state index contributed by atoms with van der Waals surface area (Å²) in [5.74, 6) is 2.63. The Labute approximate surface area is 117 Å². The van der Waals surface area contributed by atoms with Crippen molar-refractivity contribution in [2.24, 2.45) is 5.92 Å². The van der Waals surface area contributed by atoms with Crippen molar-refractivity contribution in [3.8, 4) is 0 Å². The predicted molar refractivity (Wildman–Crippen MR) is 75.7 cm³/mol. The third-order valence-electron chi connectivity index (χ3n) is 2.96. The van der Waals surface area contributed by atoms with E-state index in [0.29, 0.717) is 6.61 Å². The van der Waals surface area contributed by atoms with Crippen LogP contribution in [-0.2, 0) is 17.8 Å². The molecule has 0 unspecified atom stereocenters. The molecule has 1 aromatic heterocycles.